The van der Waals surface area contributed by atoms with Crippen LogP contribution in [0.2, 0.25) is 0 Å². The molecule has 1 heterocycles. The van der Waals surface area contributed by atoms with E-state index in [2.05, 4.69) is 0 Å². The fourth-order valence-electron chi connectivity index (χ4n) is 1.43. The van der Waals surface area contributed by atoms with Crippen molar-refractivity contribution in [3.8, 4) is 0 Å². The molecule has 1 nitrogen and oxygen atoms in total. The van der Waals surface area contributed by atoms with Gasteiger partial charge in [0.15, 0.2) is 5.78 Å². The highest BCUT2D eigenvalue weighted by Gasteiger charge is 2.10. The average molecular weight is 266 g/mol. The number of hydrogen-bond donors (Lipinski definition) is 0. The average Bonchev–Trinajstić information content (AvgIpc) is 2.74. The first-order valence-corrected chi connectivity index (χ1v) is 6.99. The van der Waals surface area contributed by atoms with Crippen molar-refractivity contribution >= 4 is 28.9 Å². The van der Waals surface area contributed by atoms with E-state index in [1.807, 2.05) is 18.4 Å². The Morgan fingerprint density at radius 2 is 2.00 bits per heavy atom. The maximum atomic E-state index is 12.7. The van der Waals surface area contributed by atoms with E-state index in [1.165, 1.54) is 23.9 Å². The standard InChI is InChI=1S/C13H11FOS2/c1-9-12(6-7-16-9)13(15)8-17-11-4-2-10(14)3-5-11/h2-7H,8H2,1H3. The van der Waals surface area contributed by atoms with E-state index < -0.39 is 0 Å². The van der Waals surface area contributed by atoms with Crippen molar-refractivity contribution in [2.45, 2.75) is 11.8 Å². The monoisotopic (exact) mass is 266 g/mol. The van der Waals surface area contributed by atoms with Crippen LogP contribution in [0.1, 0.15) is 15.2 Å². The molecule has 88 valence electrons. The lowest BCUT2D eigenvalue weighted by molar-refractivity contribution is 0.102. The van der Waals surface area contributed by atoms with Crippen LogP contribution in [-0.4, -0.2) is 11.5 Å². The number of carbonyl (C=O) groups excluding carboxylic acids is 1. The van der Waals surface area contributed by atoms with Crippen molar-refractivity contribution in [2.24, 2.45) is 0 Å². The van der Waals surface area contributed by atoms with E-state index in [0.717, 1.165) is 15.3 Å². The number of halogens is 1. The molecule has 0 spiro atoms. The van der Waals surface area contributed by atoms with Crippen LogP contribution < -0.4 is 0 Å². The summed E-state index contributed by atoms with van der Waals surface area (Å²) < 4.78 is 12.7. The molecule has 0 fully saturated rings. The molecule has 4 heteroatoms. The molecule has 17 heavy (non-hydrogen) atoms. The van der Waals surface area contributed by atoms with Gasteiger partial charge in [-0.1, -0.05) is 0 Å². The smallest absolute Gasteiger partial charge is 0.174 e. The van der Waals surface area contributed by atoms with Crippen LogP contribution in [0.15, 0.2) is 40.6 Å². The van der Waals surface area contributed by atoms with Gasteiger partial charge in [-0.15, -0.1) is 23.1 Å². The van der Waals surface area contributed by atoms with Crippen LogP contribution in [0.4, 0.5) is 4.39 Å². The minimum Gasteiger partial charge on any atom is -0.293 e. The Bertz CT molecular complexity index is 516. The zero-order chi connectivity index (χ0) is 12.3. The van der Waals surface area contributed by atoms with Crippen molar-refractivity contribution in [2.75, 3.05) is 5.75 Å². The van der Waals surface area contributed by atoms with Crippen LogP contribution >= 0.6 is 23.1 Å². The van der Waals surface area contributed by atoms with Crippen LogP contribution in [-0.2, 0) is 0 Å². The van der Waals surface area contributed by atoms with Crippen LogP contribution in [0, 0.1) is 12.7 Å². The number of carbonyl (C=O) groups is 1. The molecule has 0 amide bonds. The lowest BCUT2D eigenvalue weighted by Gasteiger charge is -2.01. The third kappa shape index (κ3) is 3.17. The Kier molecular flexibility index (Phi) is 3.97. The second kappa shape index (κ2) is 5.47. The van der Waals surface area contributed by atoms with E-state index in [4.69, 9.17) is 0 Å². The molecule has 0 bridgehead atoms. The number of Topliss-reactive ketones (excluding diaryl/α,β-unsaturated/α-hetero) is 1. The predicted octanol–water partition coefficient (Wildman–Crippen LogP) is 4.17. The van der Waals surface area contributed by atoms with Gasteiger partial charge >= 0.3 is 0 Å². The fourth-order valence-corrected chi connectivity index (χ4v) is 2.93. The SMILES string of the molecule is Cc1sccc1C(=O)CSc1ccc(F)cc1. The van der Waals surface area contributed by atoms with Gasteiger partial charge in [-0.25, -0.2) is 4.39 Å². The van der Waals surface area contributed by atoms with Gasteiger partial charge in [0.2, 0.25) is 0 Å². The molecule has 0 atom stereocenters. The molecular weight excluding hydrogens is 255 g/mol. The summed E-state index contributed by atoms with van der Waals surface area (Å²) in [6.45, 7) is 1.94. The van der Waals surface area contributed by atoms with Crippen LogP contribution in [0.25, 0.3) is 0 Å². The third-order valence-corrected chi connectivity index (χ3v) is 4.20. The van der Waals surface area contributed by atoms with E-state index >= 15 is 0 Å². The molecule has 2 aromatic rings. The Morgan fingerprint density at radius 3 is 2.59 bits per heavy atom. The summed E-state index contributed by atoms with van der Waals surface area (Å²) in [4.78, 5) is 13.8. The highest BCUT2D eigenvalue weighted by Crippen LogP contribution is 2.22. The van der Waals surface area contributed by atoms with Crippen LogP contribution in [0.5, 0.6) is 0 Å². The molecule has 0 radical (unpaired) electrons. The quantitative estimate of drug-likeness (QED) is 0.610. The highest BCUT2D eigenvalue weighted by atomic mass is 32.2. The lowest BCUT2D eigenvalue weighted by Crippen LogP contribution is -2.02. The lowest BCUT2D eigenvalue weighted by atomic mass is 10.2. The topological polar surface area (TPSA) is 17.1 Å². The number of benzene rings is 1. The zero-order valence-electron chi connectivity index (χ0n) is 9.27. The molecule has 0 aliphatic heterocycles. The number of aryl methyl sites for hydroxylation is 1. The third-order valence-electron chi connectivity index (χ3n) is 2.34. The van der Waals surface area contributed by atoms with Gasteiger partial charge in [-0.2, -0.15) is 0 Å². The van der Waals surface area contributed by atoms with Gasteiger partial charge < -0.3 is 0 Å². The van der Waals surface area contributed by atoms with Crippen molar-refractivity contribution in [3.63, 3.8) is 0 Å². The van der Waals surface area contributed by atoms with E-state index in [-0.39, 0.29) is 11.6 Å². The van der Waals surface area contributed by atoms with Gasteiger partial charge in [-0.3, -0.25) is 4.79 Å². The molecule has 1 aromatic carbocycles. The number of thioether (sulfide) groups is 1. The second-order valence-corrected chi connectivity index (χ2v) is 5.73. The molecule has 0 saturated heterocycles. The number of ketones is 1. The molecule has 0 aliphatic carbocycles. The summed E-state index contributed by atoms with van der Waals surface area (Å²) in [5.41, 5.74) is 0.796. The number of hydrogen-bond acceptors (Lipinski definition) is 3. The maximum absolute atomic E-state index is 12.7. The molecular formula is C13H11FOS2. The van der Waals surface area contributed by atoms with Crippen molar-refractivity contribution in [1.82, 2.24) is 0 Å². The Balaban J connectivity index is 1.97. The minimum atomic E-state index is -0.255. The predicted molar refractivity (Wildman–Crippen MR) is 70.5 cm³/mol. The number of rotatable bonds is 4. The van der Waals surface area contributed by atoms with Gasteiger partial charge in [0, 0.05) is 15.3 Å². The largest absolute Gasteiger partial charge is 0.293 e. The first-order chi connectivity index (χ1) is 8.16. The molecule has 0 N–H and O–H groups in total. The van der Waals surface area contributed by atoms with Gasteiger partial charge in [-0.05, 0) is 42.6 Å². The molecule has 0 unspecified atom stereocenters. The summed E-state index contributed by atoms with van der Waals surface area (Å²) >= 11 is 3.01. The summed E-state index contributed by atoms with van der Waals surface area (Å²) in [5.74, 6) is 0.260. The Hall–Kier alpha value is -1.13. The normalized spacial score (nSPS) is 10.5. The molecule has 2 rings (SSSR count). The van der Waals surface area contributed by atoms with Crippen molar-refractivity contribution in [3.05, 3.63) is 52.0 Å². The van der Waals surface area contributed by atoms with E-state index in [1.54, 1.807) is 23.5 Å². The summed E-state index contributed by atoms with van der Waals surface area (Å²) in [7, 11) is 0. The first kappa shape index (κ1) is 12.3. The number of thiophene rings is 1. The fraction of sp³-hybridized carbons (Fsp3) is 0.154. The van der Waals surface area contributed by atoms with E-state index in [0.29, 0.717) is 5.75 Å². The summed E-state index contributed by atoms with van der Waals surface area (Å²) in [6.07, 6.45) is 0. The first-order valence-electron chi connectivity index (χ1n) is 5.12. The van der Waals surface area contributed by atoms with Crippen molar-refractivity contribution in [1.29, 1.82) is 0 Å². The van der Waals surface area contributed by atoms with Gasteiger partial charge in [0.25, 0.3) is 0 Å². The Labute approximate surface area is 108 Å². The maximum Gasteiger partial charge on any atom is 0.174 e. The summed E-state index contributed by atoms with van der Waals surface area (Å²) in [5, 5.41) is 1.92. The second-order valence-electron chi connectivity index (χ2n) is 3.56. The van der Waals surface area contributed by atoms with Gasteiger partial charge in [0.1, 0.15) is 5.82 Å². The summed E-state index contributed by atoms with van der Waals surface area (Å²) in [6, 6.07) is 8.04. The van der Waals surface area contributed by atoms with Crippen molar-refractivity contribution < 1.29 is 9.18 Å². The molecule has 1 aromatic heterocycles. The molecule has 0 aliphatic rings. The molecule has 0 saturated carbocycles. The van der Waals surface area contributed by atoms with E-state index in [9.17, 15) is 9.18 Å². The van der Waals surface area contributed by atoms with Crippen LogP contribution in [0.3, 0.4) is 0 Å². The highest BCUT2D eigenvalue weighted by molar-refractivity contribution is 8.00. The zero-order valence-corrected chi connectivity index (χ0v) is 10.9. The van der Waals surface area contributed by atoms with Gasteiger partial charge in [0.05, 0.1) is 5.75 Å². The Morgan fingerprint density at radius 1 is 1.29 bits per heavy atom. The minimum absolute atomic E-state index is 0.123.